The topological polar surface area (TPSA) is 84.0 Å². The van der Waals surface area contributed by atoms with Crippen LogP contribution in [0.2, 0.25) is 0 Å². The number of anilines is 1. The molecule has 0 amide bonds. The van der Waals surface area contributed by atoms with Gasteiger partial charge in [0.05, 0.1) is 11.3 Å². The SMILES string of the molecule is Nc1[nH]n(-c2ccccc2)c(=O)c1C(O)C(F)(F)C(F)(F)C(F)(F)C(F)F. The predicted octanol–water partition coefficient (Wildman–Crippen LogP) is 2.95. The number of hydrogen-bond donors (Lipinski definition) is 3. The predicted molar refractivity (Wildman–Crippen MR) is 76.6 cm³/mol. The molecule has 0 bridgehead atoms. The van der Waals surface area contributed by atoms with Crippen LogP contribution in [0, 0.1) is 0 Å². The third kappa shape index (κ3) is 3.05. The number of aromatic amines is 1. The van der Waals surface area contributed by atoms with Crippen molar-refractivity contribution in [1.29, 1.82) is 0 Å². The van der Waals surface area contributed by atoms with Gasteiger partial charge in [-0.05, 0) is 12.1 Å². The average molecular weight is 405 g/mol. The first-order valence-corrected chi connectivity index (χ1v) is 7.02. The normalized spacial score (nSPS) is 14.6. The van der Waals surface area contributed by atoms with Crippen LogP contribution in [0.25, 0.3) is 5.69 Å². The molecule has 2 rings (SSSR count). The van der Waals surface area contributed by atoms with E-state index in [2.05, 4.69) is 0 Å². The van der Waals surface area contributed by atoms with Crippen molar-refractivity contribution in [2.75, 3.05) is 5.73 Å². The maximum atomic E-state index is 13.9. The largest absolute Gasteiger partial charge is 0.384 e. The van der Waals surface area contributed by atoms with E-state index in [0.717, 1.165) is 0 Å². The molecule has 13 heteroatoms. The molecule has 0 aliphatic carbocycles. The number of aliphatic hydroxyl groups is 1. The smallest absolute Gasteiger partial charge is 0.380 e. The van der Waals surface area contributed by atoms with Gasteiger partial charge in [-0.1, -0.05) is 18.2 Å². The number of para-hydroxylation sites is 1. The summed E-state index contributed by atoms with van der Waals surface area (Å²) in [5.74, 6) is -20.4. The number of nitrogens with one attached hydrogen (secondary N) is 1. The van der Waals surface area contributed by atoms with Crippen LogP contribution in [0.1, 0.15) is 11.7 Å². The van der Waals surface area contributed by atoms with Gasteiger partial charge in [0.2, 0.25) is 0 Å². The molecule has 0 saturated carbocycles. The zero-order chi connectivity index (χ0) is 20.8. The number of nitrogens with two attached hydrogens (primary N) is 1. The van der Waals surface area contributed by atoms with Crippen molar-refractivity contribution in [3.05, 3.63) is 46.2 Å². The minimum Gasteiger partial charge on any atom is -0.384 e. The Morgan fingerprint density at radius 2 is 1.52 bits per heavy atom. The van der Waals surface area contributed by atoms with Crippen molar-refractivity contribution in [2.24, 2.45) is 0 Å². The standard InChI is InChI=1S/C14H11F8N3O2/c15-11(16)13(19,20)14(21,22)12(17,18)8(26)7-9(23)24-25(10(7)27)6-4-2-1-3-5-6/h1-5,8,11,24,26H,23H2. The number of halogens is 8. The van der Waals surface area contributed by atoms with E-state index in [4.69, 9.17) is 5.73 Å². The van der Waals surface area contributed by atoms with Gasteiger partial charge in [-0.3, -0.25) is 9.89 Å². The molecule has 150 valence electrons. The Hall–Kier alpha value is -2.57. The van der Waals surface area contributed by atoms with E-state index in [1.807, 2.05) is 5.10 Å². The highest BCUT2D eigenvalue weighted by Crippen LogP contribution is 2.53. The van der Waals surface area contributed by atoms with Crippen LogP contribution >= 0.6 is 0 Å². The van der Waals surface area contributed by atoms with Crippen molar-refractivity contribution < 1.29 is 40.2 Å². The quantitative estimate of drug-likeness (QED) is 0.647. The highest BCUT2D eigenvalue weighted by atomic mass is 19.4. The summed E-state index contributed by atoms with van der Waals surface area (Å²) in [4.78, 5) is 12.2. The Balaban J connectivity index is 2.56. The molecule has 0 aliphatic rings. The Morgan fingerprint density at radius 1 is 1.00 bits per heavy atom. The number of alkyl halides is 8. The van der Waals surface area contributed by atoms with E-state index >= 15 is 0 Å². The van der Waals surface area contributed by atoms with Crippen molar-refractivity contribution in [2.45, 2.75) is 30.3 Å². The molecule has 1 aromatic carbocycles. The monoisotopic (exact) mass is 405 g/mol. The summed E-state index contributed by atoms with van der Waals surface area (Å²) in [7, 11) is 0. The van der Waals surface area contributed by atoms with Crippen molar-refractivity contribution >= 4 is 5.82 Å². The molecule has 27 heavy (non-hydrogen) atoms. The molecule has 0 fully saturated rings. The molecule has 0 aliphatic heterocycles. The van der Waals surface area contributed by atoms with Gasteiger partial charge in [-0.2, -0.15) is 26.3 Å². The lowest BCUT2D eigenvalue weighted by atomic mass is 9.95. The second-order valence-electron chi connectivity index (χ2n) is 5.44. The molecule has 2 aromatic rings. The van der Waals surface area contributed by atoms with E-state index in [0.29, 0.717) is 4.68 Å². The fourth-order valence-electron chi connectivity index (χ4n) is 2.20. The van der Waals surface area contributed by atoms with Gasteiger partial charge >= 0.3 is 24.2 Å². The number of H-pyrrole nitrogens is 1. The van der Waals surface area contributed by atoms with E-state index in [9.17, 15) is 45.0 Å². The van der Waals surface area contributed by atoms with Crippen LogP contribution in [0.15, 0.2) is 35.1 Å². The first-order chi connectivity index (χ1) is 12.3. The fourth-order valence-corrected chi connectivity index (χ4v) is 2.20. The van der Waals surface area contributed by atoms with Crippen LogP contribution in [0.4, 0.5) is 40.9 Å². The Morgan fingerprint density at radius 3 is 2.00 bits per heavy atom. The summed E-state index contributed by atoms with van der Waals surface area (Å²) < 4.78 is 105. The maximum Gasteiger partial charge on any atom is 0.380 e. The molecule has 0 spiro atoms. The lowest BCUT2D eigenvalue weighted by molar-refractivity contribution is -0.357. The summed E-state index contributed by atoms with van der Waals surface area (Å²) in [5.41, 5.74) is 2.10. The number of nitrogen functional groups attached to an aromatic ring is 1. The molecule has 0 radical (unpaired) electrons. The van der Waals surface area contributed by atoms with Crippen LogP contribution in [0.5, 0.6) is 0 Å². The summed E-state index contributed by atoms with van der Waals surface area (Å²) in [6.07, 6.45) is -9.05. The summed E-state index contributed by atoms with van der Waals surface area (Å²) in [5, 5.41) is 11.5. The third-order valence-electron chi connectivity index (χ3n) is 3.70. The number of aliphatic hydroxyl groups excluding tert-OH is 1. The minimum atomic E-state index is -6.69. The maximum absolute atomic E-state index is 13.9. The van der Waals surface area contributed by atoms with Crippen LogP contribution in [-0.2, 0) is 0 Å². The molecule has 1 heterocycles. The zero-order valence-electron chi connectivity index (χ0n) is 12.9. The second-order valence-corrected chi connectivity index (χ2v) is 5.44. The third-order valence-corrected chi connectivity index (χ3v) is 3.70. The van der Waals surface area contributed by atoms with Crippen LogP contribution in [0.3, 0.4) is 0 Å². The Kier molecular flexibility index (Phi) is 5.03. The van der Waals surface area contributed by atoms with E-state index < -0.39 is 47.2 Å². The van der Waals surface area contributed by atoms with Gasteiger partial charge in [-0.15, -0.1) is 0 Å². The molecule has 5 nitrogen and oxygen atoms in total. The van der Waals surface area contributed by atoms with Crippen LogP contribution in [-0.4, -0.2) is 39.1 Å². The average Bonchev–Trinajstić information content (AvgIpc) is 2.88. The number of rotatable bonds is 6. The van der Waals surface area contributed by atoms with Gasteiger partial charge in [-0.25, -0.2) is 13.5 Å². The van der Waals surface area contributed by atoms with Gasteiger partial charge in [0, 0.05) is 0 Å². The zero-order valence-corrected chi connectivity index (χ0v) is 12.9. The summed E-state index contributed by atoms with van der Waals surface area (Å²) >= 11 is 0. The molecule has 1 atom stereocenters. The number of aromatic nitrogens is 2. The number of hydrogen-bond acceptors (Lipinski definition) is 3. The van der Waals surface area contributed by atoms with E-state index in [1.54, 1.807) is 0 Å². The van der Waals surface area contributed by atoms with Gasteiger partial charge in [0.1, 0.15) is 5.82 Å². The molecule has 4 N–H and O–H groups in total. The molecular formula is C14H11F8N3O2. The minimum absolute atomic E-state index is 0.0133. The Labute approximate surface area is 145 Å². The van der Waals surface area contributed by atoms with Gasteiger partial charge in [0.25, 0.3) is 5.56 Å². The first-order valence-electron chi connectivity index (χ1n) is 7.02. The number of nitrogens with zero attached hydrogens (tertiary/aromatic N) is 1. The molecule has 0 saturated heterocycles. The Bertz CT molecular complexity index is 863. The van der Waals surface area contributed by atoms with Gasteiger partial charge in [0.15, 0.2) is 6.10 Å². The molecule has 1 aromatic heterocycles. The fraction of sp³-hybridized carbons (Fsp3) is 0.357. The van der Waals surface area contributed by atoms with Crippen LogP contribution < -0.4 is 11.3 Å². The summed E-state index contributed by atoms with van der Waals surface area (Å²) in [6, 6.07) is 6.86. The van der Waals surface area contributed by atoms with Crippen molar-refractivity contribution in [3.63, 3.8) is 0 Å². The molecule has 1 unspecified atom stereocenters. The number of benzene rings is 1. The lowest BCUT2D eigenvalue weighted by Gasteiger charge is -2.34. The highest BCUT2D eigenvalue weighted by molar-refractivity contribution is 5.44. The first kappa shape index (κ1) is 20.7. The highest BCUT2D eigenvalue weighted by Gasteiger charge is 2.77. The molecular weight excluding hydrogens is 394 g/mol. The second kappa shape index (κ2) is 6.55. The van der Waals surface area contributed by atoms with Crippen molar-refractivity contribution in [1.82, 2.24) is 9.78 Å². The van der Waals surface area contributed by atoms with E-state index in [-0.39, 0.29) is 5.69 Å². The summed E-state index contributed by atoms with van der Waals surface area (Å²) in [6.45, 7) is 0. The van der Waals surface area contributed by atoms with Gasteiger partial charge < -0.3 is 10.8 Å². The van der Waals surface area contributed by atoms with E-state index in [1.165, 1.54) is 30.3 Å². The van der Waals surface area contributed by atoms with Crippen molar-refractivity contribution in [3.8, 4) is 5.69 Å². The lowest BCUT2D eigenvalue weighted by Crippen LogP contribution is -2.60.